The van der Waals surface area contributed by atoms with Gasteiger partial charge in [-0.1, -0.05) is 23.5 Å². The van der Waals surface area contributed by atoms with Gasteiger partial charge in [-0.05, 0) is 48.6 Å². The summed E-state index contributed by atoms with van der Waals surface area (Å²) in [6.45, 7) is 5.85. The summed E-state index contributed by atoms with van der Waals surface area (Å²) in [5.74, 6) is 4.15. The molecular formula is C22H23N7O2S. The molecule has 1 fully saturated rings. The van der Waals surface area contributed by atoms with Gasteiger partial charge in [0.1, 0.15) is 23.6 Å². The first-order chi connectivity index (χ1) is 15.7. The minimum atomic E-state index is 0.271. The first-order valence-corrected chi connectivity index (χ1v) is 11.4. The second-order valence-corrected chi connectivity index (χ2v) is 8.65. The number of ether oxygens (including phenoxy) is 1. The molecular weight excluding hydrogens is 426 g/mol. The zero-order valence-electron chi connectivity index (χ0n) is 17.9. The monoisotopic (exact) mass is 449 g/mol. The molecule has 3 aromatic heterocycles. The van der Waals surface area contributed by atoms with Crippen LogP contribution in [0.4, 0.5) is 5.82 Å². The third kappa shape index (κ3) is 4.45. The topological polar surface area (TPSA) is 103 Å². The average molecular weight is 450 g/mol. The molecule has 9 nitrogen and oxygen atoms in total. The molecule has 10 heteroatoms. The van der Waals surface area contributed by atoms with E-state index in [1.165, 1.54) is 11.5 Å². The largest absolute Gasteiger partial charge is 0.439 e. The second-order valence-electron chi connectivity index (χ2n) is 8.04. The molecule has 1 saturated heterocycles. The number of anilines is 1. The van der Waals surface area contributed by atoms with Crippen molar-refractivity contribution >= 4 is 17.4 Å². The number of benzene rings is 1. The summed E-state index contributed by atoms with van der Waals surface area (Å²) in [7, 11) is 0. The Morgan fingerprint density at radius 1 is 1.12 bits per heavy atom. The van der Waals surface area contributed by atoms with E-state index in [2.05, 4.69) is 48.4 Å². The first-order valence-electron chi connectivity index (χ1n) is 10.6. The first kappa shape index (κ1) is 20.5. The summed E-state index contributed by atoms with van der Waals surface area (Å²) in [5.41, 5.74) is 1.86. The number of nitrogens with zero attached hydrogens (tertiary/aromatic N) is 7. The minimum absolute atomic E-state index is 0.271. The van der Waals surface area contributed by atoms with E-state index in [9.17, 15) is 0 Å². The summed E-state index contributed by atoms with van der Waals surface area (Å²) in [6.07, 6.45) is 3.42. The maximum absolute atomic E-state index is 5.95. The van der Waals surface area contributed by atoms with Crippen LogP contribution in [0, 0.1) is 0 Å². The molecule has 0 atom stereocenters. The lowest BCUT2D eigenvalue weighted by Crippen LogP contribution is -2.33. The Morgan fingerprint density at radius 3 is 2.62 bits per heavy atom. The van der Waals surface area contributed by atoms with Gasteiger partial charge in [-0.15, -0.1) is 5.10 Å². The van der Waals surface area contributed by atoms with Crippen molar-refractivity contribution < 1.29 is 9.26 Å². The van der Waals surface area contributed by atoms with Crippen molar-refractivity contribution in [3.8, 4) is 22.9 Å². The molecule has 5 rings (SSSR count). The summed E-state index contributed by atoms with van der Waals surface area (Å²) < 4.78 is 15.3. The van der Waals surface area contributed by atoms with Crippen LogP contribution in [0.2, 0.25) is 0 Å². The molecule has 4 aromatic rings. The van der Waals surface area contributed by atoms with Gasteiger partial charge in [0.05, 0.1) is 0 Å². The maximum atomic E-state index is 5.95. The highest BCUT2D eigenvalue weighted by atomic mass is 32.1. The normalized spacial score (nSPS) is 14.8. The molecule has 1 aromatic carbocycles. The molecule has 164 valence electrons. The number of rotatable bonds is 6. The Morgan fingerprint density at radius 2 is 1.94 bits per heavy atom. The average Bonchev–Trinajstić information content (AvgIpc) is 3.53. The van der Waals surface area contributed by atoms with E-state index in [-0.39, 0.29) is 11.8 Å². The van der Waals surface area contributed by atoms with Crippen LogP contribution in [0.25, 0.3) is 11.3 Å². The molecule has 0 aliphatic carbocycles. The van der Waals surface area contributed by atoms with E-state index in [0.717, 1.165) is 54.7 Å². The van der Waals surface area contributed by atoms with Crippen LogP contribution < -0.4 is 9.64 Å². The predicted molar refractivity (Wildman–Crippen MR) is 120 cm³/mol. The Kier molecular flexibility index (Phi) is 5.76. The fourth-order valence-corrected chi connectivity index (χ4v) is 4.13. The number of hydrogen-bond acceptors (Lipinski definition) is 10. The molecule has 1 aliphatic heterocycles. The SMILES string of the molecule is CC(C)c1noc(C2CCN(c3cc(Oc4ccc(-c5csnn5)cc4)ncn3)CC2)n1. The van der Waals surface area contributed by atoms with Gasteiger partial charge in [0, 0.05) is 41.9 Å². The van der Waals surface area contributed by atoms with Crippen molar-refractivity contribution in [3.63, 3.8) is 0 Å². The van der Waals surface area contributed by atoms with Crippen LogP contribution >= 0.6 is 11.5 Å². The van der Waals surface area contributed by atoms with Crippen molar-refractivity contribution in [2.45, 2.75) is 38.5 Å². The molecule has 4 heterocycles. The lowest BCUT2D eigenvalue weighted by atomic mass is 9.97. The quantitative estimate of drug-likeness (QED) is 0.415. The smallest absolute Gasteiger partial charge is 0.229 e. The van der Waals surface area contributed by atoms with E-state index in [0.29, 0.717) is 11.6 Å². The molecule has 32 heavy (non-hydrogen) atoms. The van der Waals surface area contributed by atoms with Crippen LogP contribution in [-0.4, -0.2) is 42.8 Å². The van der Waals surface area contributed by atoms with Gasteiger partial charge in [-0.25, -0.2) is 9.97 Å². The minimum Gasteiger partial charge on any atom is -0.439 e. The molecule has 0 radical (unpaired) electrons. The van der Waals surface area contributed by atoms with Crippen molar-refractivity contribution in [2.24, 2.45) is 0 Å². The number of aromatic nitrogens is 6. The van der Waals surface area contributed by atoms with Crippen LogP contribution in [0.3, 0.4) is 0 Å². The van der Waals surface area contributed by atoms with Gasteiger partial charge in [-0.2, -0.15) is 4.98 Å². The number of piperidine rings is 1. The standard InChI is InChI=1S/C22H23N7O2S/c1-14(2)21-25-22(31-27-21)16-7-9-29(10-8-16)19-11-20(24-13-23-19)30-17-5-3-15(4-6-17)18-12-32-28-26-18/h3-6,11-14,16H,7-10H2,1-2H3. The third-order valence-corrected chi connectivity index (χ3v) is 6.01. The van der Waals surface area contributed by atoms with Gasteiger partial charge in [0.25, 0.3) is 0 Å². The zero-order chi connectivity index (χ0) is 21.9. The van der Waals surface area contributed by atoms with Crippen LogP contribution in [0.1, 0.15) is 50.2 Å². The predicted octanol–water partition coefficient (Wildman–Crippen LogP) is 4.68. The number of hydrogen-bond donors (Lipinski definition) is 0. The van der Waals surface area contributed by atoms with E-state index in [4.69, 9.17) is 9.26 Å². The highest BCUT2D eigenvalue weighted by Gasteiger charge is 2.26. The van der Waals surface area contributed by atoms with E-state index >= 15 is 0 Å². The summed E-state index contributed by atoms with van der Waals surface area (Å²) in [4.78, 5) is 15.5. The fourth-order valence-electron chi connectivity index (χ4n) is 3.67. The Bertz CT molecular complexity index is 1150. The van der Waals surface area contributed by atoms with Crippen molar-refractivity contribution in [3.05, 3.63) is 53.8 Å². The molecule has 0 saturated carbocycles. The Hall–Kier alpha value is -3.40. The Balaban J connectivity index is 1.21. The van der Waals surface area contributed by atoms with Crippen LogP contribution in [0.15, 0.2) is 46.6 Å². The van der Waals surface area contributed by atoms with E-state index in [1.54, 1.807) is 6.33 Å². The lowest BCUT2D eigenvalue weighted by Gasteiger charge is -2.31. The van der Waals surface area contributed by atoms with Crippen LogP contribution in [0.5, 0.6) is 11.6 Å². The summed E-state index contributed by atoms with van der Waals surface area (Å²) in [6, 6.07) is 9.60. The lowest BCUT2D eigenvalue weighted by molar-refractivity contribution is 0.325. The highest BCUT2D eigenvalue weighted by molar-refractivity contribution is 7.03. The van der Waals surface area contributed by atoms with E-state index < -0.39 is 0 Å². The van der Waals surface area contributed by atoms with Crippen molar-refractivity contribution in [2.75, 3.05) is 18.0 Å². The van der Waals surface area contributed by atoms with E-state index in [1.807, 2.05) is 35.7 Å². The maximum Gasteiger partial charge on any atom is 0.229 e. The molecule has 0 bridgehead atoms. The molecule has 0 amide bonds. The highest BCUT2D eigenvalue weighted by Crippen LogP contribution is 2.31. The molecule has 1 aliphatic rings. The third-order valence-electron chi connectivity index (χ3n) is 5.50. The summed E-state index contributed by atoms with van der Waals surface area (Å²) >= 11 is 1.33. The van der Waals surface area contributed by atoms with Gasteiger partial charge in [0.2, 0.25) is 11.8 Å². The Labute approximate surface area is 189 Å². The van der Waals surface area contributed by atoms with Gasteiger partial charge >= 0.3 is 0 Å². The molecule has 0 N–H and O–H groups in total. The second kappa shape index (κ2) is 8.99. The van der Waals surface area contributed by atoms with Crippen molar-refractivity contribution in [1.82, 2.24) is 29.7 Å². The van der Waals surface area contributed by atoms with Crippen molar-refractivity contribution in [1.29, 1.82) is 0 Å². The fraction of sp³-hybridized carbons (Fsp3) is 0.364. The molecule has 0 unspecified atom stereocenters. The van der Waals surface area contributed by atoms with Gasteiger partial charge in [-0.3, -0.25) is 0 Å². The zero-order valence-corrected chi connectivity index (χ0v) is 18.7. The molecule has 0 spiro atoms. The van der Waals surface area contributed by atoms with Gasteiger partial charge < -0.3 is 14.2 Å². The van der Waals surface area contributed by atoms with Gasteiger partial charge in [0.15, 0.2) is 5.82 Å². The summed E-state index contributed by atoms with van der Waals surface area (Å²) in [5, 5.41) is 10.1. The van der Waals surface area contributed by atoms with Crippen LogP contribution in [-0.2, 0) is 0 Å².